The van der Waals surface area contributed by atoms with Crippen molar-refractivity contribution in [3.05, 3.63) is 71.3 Å². The Hall–Kier alpha value is -2.65. The van der Waals surface area contributed by atoms with Gasteiger partial charge in [0.25, 0.3) is 0 Å². The fourth-order valence-corrected chi connectivity index (χ4v) is 3.53. The molecule has 0 unspecified atom stereocenters. The number of para-hydroxylation sites is 1. The van der Waals surface area contributed by atoms with E-state index in [0.717, 1.165) is 6.07 Å². The van der Waals surface area contributed by atoms with Crippen molar-refractivity contribution in [2.24, 2.45) is 0 Å². The first-order chi connectivity index (χ1) is 12.2. The third-order valence-corrected chi connectivity index (χ3v) is 5.11. The Kier molecular flexibility index (Phi) is 4.59. The Bertz CT molecular complexity index is 1120. The van der Waals surface area contributed by atoms with Crippen LogP contribution in [0.25, 0.3) is 11.0 Å². The molecule has 3 aromatic rings. The molecule has 0 radical (unpaired) electrons. The van der Waals surface area contributed by atoms with Crippen LogP contribution in [0.2, 0.25) is 0 Å². The molecule has 1 heterocycles. The van der Waals surface area contributed by atoms with Gasteiger partial charge in [-0.05, 0) is 23.8 Å². The second-order valence-corrected chi connectivity index (χ2v) is 7.19. The summed E-state index contributed by atoms with van der Waals surface area (Å²) in [5.74, 6) is 0. The number of nitrogens with one attached hydrogen (secondary N) is 2. The molecule has 136 valence electrons. The van der Waals surface area contributed by atoms with Crippen molar-refractivity contribution in [2.75, 3.05) is 0 Å². The van der Waals surface area contributed by atoms with Gasteiger partial charge in [-0.2, -0.15) is 13.2 Å². The summed E-state index contributed by atoms with van der Waals surface area (Å²) in [4.78, 5) is -0.444. The summed E-state index contributed by atoms with van der Waals surface area (Å²) in [6, 6.07) is 12.5. The minimum atomic E-state index is -4.60. The summed E-state index contributed by atoms with van der Waals surface area (Å²) >= 11 is 0. The van der Waals surface area contributed by atoms with Crippen molar-refractivity contribution in [1.29, 1.82) is 5.41 Å². The van der Waals surface area contributed by atoms with Gasteiger partial charge in [-0.25, -0.2) is 13.1 Å². The standard InChI is InChI=1S/C17H13F3N2O3S/c18-17(19,20)13-7-3-1-6-12(13)10-22-26(23,24)15-9-11-5-2-4-8-14(11)25-16(15)21/h1-9,21-22H,10H2. The number of hydrogen-bond donors (Lipinski definition) is 2. The minimum absolute atomic E-state index is 0.215. The normalized spacial score (nSPS) is 12.4. The maximum atomic E-state index is 13.0. The summed E-state index contributed by atoms with van der Waals surface area (Å²) in [6.45, 7) is -0.565. The predicted molar refractivity (Wildman–Crippen MR) is 87.5 cm³/mol. The van der Waals surface area contributed by atoms with E-state index >= 15 is 0 Å². The number of fused-ring (bicyclic) bond motifs is 1. The van der Waals surface area contributed by atoms with Crippen LogP contribution in [0, 0.1) is 5.41 Å². The Labute approximate surface area is 146 Å². The van der Waals surface area contributed by atoms with E-state index in [-0.39, 0.29) is 5.56 Å². The monoisotopic (exact) mass is 382 g/mol. The van der Waals surface area contributed by atoms with Crippen LogP contribution in [0.3, 0.4) is 0 Å². The second-order valence-electron chi connectivity index (χ2n) is 5.46. The van der Waals surface area contributed by atoms with E-state index in [1.54, 1.807) is 24.3 Å². The van der Waals surface area contributed by atoms with Gasteiger partial charge in [0.2, 0.25) is 15.6 Å². The van der Waals surface area contributed by atoms with Crippen molar-refractivity contribution in [1.82, 2.24) is 4.72 Å². The summed E-state index contributed by atoms with van der Waals surface area (Å²) < 4.78 is 71.2. The summed E-state index contributed by atoms with van der Waals surface area (Å²) in [5.41, 5.74) is -1.40. The average Bonchev–Trinajstić information content (AvgIpc) is 2.59. The molecule has 0 amide bonds. The molecule has 3 rings (SSSR count). The van der Waals surface area contributed by atoms with Crippen molar-refractivity contribution in [3.8, 4) is 0 Å². The van der Waals surface area contributed by atoms with Crippen LogP contribution in [0.1, 0.15) is 11.1 Å². The number of rotatable bonds is 4. The first-order valence-corrected chi connectivity index (χ1v) is 8.89. The first kappa shape index (κ1) is 18.2. The summed E-state index contributed by atoms with van der Waals surface area (Å²) in [6.07, 6.45) is -4.60. The van der Waals surface area contributed by atoms with E-state index in [4.69, 9.17) is 9.83 Å². The fraction of sp³-hybridized carbons (Fsp3) is 0.118. The molecule has 0 saturated carbocycles. The largest absolute Gasteiger partial charge is 0.438 e. The smallest absolute Gasteiger partial charge is 0.416 e. The van der Waals surface area contributed by atoms with Gasteiger partial charge in [0.1, 0.15) is 10.5 Å². The van der Waals surface area contributed by atoms with Crippen molar-refractivity contribution in [3.63, 3.8) is 0 Å². The highest BCUT2D eigenvalue weighted by Gasteiger charge is 2.33. The highest BCUT2D eigenvalue weighted by Crippen LogP contribution is 2.31. The lowest BCUT2D eigenvalue weighted by Crippen LogP contribution is -2.28. The number of hydrogen-bond acceptors (Lipinski definition) is 4. The predicted octanol–water partition coefficient (Wildman–Crippen LogP) is 3.41. The maximum absolute atomic E-state index is 13.0. The highest BCUT2D eigenvalue weighted by molar-refractivity contribution is 7.89. The molecule has 0 atom stereocenters. The van der Waals surface area contributed by atoms with Gasteiger partial charge in [-0.3, -0.25) is 5.41 Å². The molecule has 0 aliphatic carbocycles. The van der Waals surface area contributed by atoms with E-state index in [1.165, 1.54) is 24.3 Å². The van der Waals surface area contributed by atoms with Gasteiger partial charge in [0.15, 0.2) is 0 Å². The zero-order chi connectivity index (χ0) is 18.9. The Morgan fingerprint density at radius 3 is 2.42 bits per heavy atom. The molecule has 0 bridgehead atoms. The topological polar surface area (TPSA) is 83.2 Å². The molecule has 5 nitrogen and oxygen atoms in total. The molecular weight excluding hydrogens is 369 g/mol. The molecule has 0 fully saturated rings. The fourth-order valence-electron chi connectivity index (χ4n) is 2.46. The molecular formula is C17H13F3N2O3S. The number of benzene rings is 2. The maximum Gasteiger partial charge on any atom is 0.416 e. The second kappa shape index (κ2) is 6.58. The average molecular weight is 382 g/mol. The summed E-state index contributed by atoms with van der Waals surface area (Å²) in [5, 5.41) is 8.23. The van der Waals surface area contributed by atoms with Crippen LogP contribution < -0.4 is 10.3 Å². The van der Waals surface area contributed by atoms with Crippen LogP contribution in [0.15, 0.2) is 63.9 Å². The lowest BCUT2D eigenvalue weighted by atomic mass is 10.1. The van der Waals surface area contributed by atoms with Crippen LogP contribution in [0.4, 0.5) is 13.2 Å². The van der Waals surface area contributed by atoms with Crippen molar-refractivity contribution < 1.29 is 26.0 Å². The first-order valence-electron chi connectivity index (χ1n) is 7.41. The van der Waals surface area contributed by atoms with Crippen molar-refractivity contribution >= 4 is 21.0 Å². The van der Waals surface area contributed by atoms with E-state index in [9.17, 15) is 21.6 Å². The lowest BCUT2D eigenvalue weighted by Gasteiger charge is -2.13. The Balaban J connectivity index is 1.94. The SMILES string of the molecule is N=c1oc2ccccc2cc1S(=O)(=O)NCc1ccccc1C(F)(F)F. The molecule has 0 spiro atoms. The van der Waals surface area contributed by atoms with Gasteiger partial charge in [0.05, 0.1) is 5.56 Å². The minimum Gasteiger partial charge on any atom is -0.438 e. The van der Waals surface area contributed by atoms with Gasteiger partial charge < -0.3 is 4.42 Å². The number of halogens is 3. The Morgan fingerprint density at radius 1 is 1.04 bits per heavy atom. The van der Waals surface area contributed by atoms with E-state index in [2.05, 4.69) is 4.72 Å². The third kappa shape index (κ3) is 3.63. The van der Waals surface area contributed by atoms with Crippen LogP contribution in [0.5, 0.6) is 0 Å². The quantitative estimate of drug-likeness (QED) is 0.725. The zero-order valence-electron chi connectivity index (χ0n) is 13.2. The molecule has 9 heteroatoms. The molecule has 0 aliphatic heterocycles. The molecule has 0 aliphatic rings. The number of sulfonamides is 1. The third-order valence-electron chi connectivity index (χ3n) is 3.71. The molecule has 1 aromatic heterocycles. The van der Waals surface area contributed by atoms with Gasteiger partial charge in [-0.1, -0.05) is 36.4 Å². The van der Waals surface area contributed by atoms with Crippen molar-refractivity contribution in [2.45, 2.75) is 17.6 Å². The molecule has 0 saturated heterocycles. The van der Waals surface area contributed by atoms with Crippen LogP contribution in [-0.4, -0.2) is 8.42 Å². The molecule has 26 heavy (non-hydrogen) atoms. The van der Waals surface area contributed by atoms with E-state index in [1.807, 2.05) is 0 Å². The highest BCUT2D eigenvalue weighted by atomic mass is 32.2. The van der Waals surface area contributed by atoms with Gasteiger partial charge in [0, 0.05) is 11.9 Å². The van der Waals surface area contributed by atoms with E-state index < -0.39 is 38.8 Å². The Morgan fingerprint density at radius 2 is 1.69 bits per heavy atom. The molecule has 2 aromatic carbocycles. The number of alkyl halides is 3. The lowest BCUT2D eigenvalue weighted by molar-refractivity contribution is -0.138. The summed E-state index contributed by atoms with van der Waals surface area (Å²) in [7, 11) is -4.24. The van der Waals surface area contributed by atoms with Gasteiger partial charge >= 0.3 is 6.18 Å². The van der Waals surface area contributed by atoms with Gasteiger partial charge in [-0.15, -0.1) is 0 Å². The zero-order valence-corrected chi connectivity index (χ0v) is 14.0. The van der Waals surface area contributed by atoms with Crippen LogP contribution >= 0.6 is 0 Å². The van der Waals surface area contributed by atoms with Crippen LogP contribution in [-0.2, 0) is 22.7 Å². The van der Waals surface area contributed by atoms with E-state index in [0.29, 0.717) is 11.0 Å². The molecule has 2 N–H and O–H groups in total.